The van der Waals surface area contributed by atoms with Crippen LogP contribution in [0.2, 0.25) is 0 Å². The fourth-order valence-corrected chi connectivity index (χ4v) is 4.70. The van der Waals surface area contributed by atoms with Crippen molar-refractivity contribution >= 4 is 28.6 Å². The minimum atomic E-state index is -4.60. The van der Waals surface area contributed by atoms with Crippen LogP contribution < -0.4 is 21.1 Å². The Hall–Kier alpha value is -4.56. The molecule has 1 fully saturated rings. The van der Waals surface area contributed by atoms with Crippen LogP contribution in [-0.2, 0) is 17.3 Å². The van der Waals surface area contributed by atoms with Crippen LogP contribution in [0, 0.1) is 0 Å². The molecule has 1 aliphatic rings. The van der Waals surface area contributed by atoms with Crippen LogP contribution in [-0.4, -0.2) is 77.3 Å². The third-order valence-corrected chi connectivity index (χ3v) is 6.83. The van der Waals surface area contributed by atoms with E-state index in [-0.39, 0.29) is 16.9 Å². The van der Waals surface area contributed by atoms with E-state index in [1.165, 1.54) is 29.9 Å². The first-order valence-electron chi connectivity index (χ1n) is 13.1. The van der Waals surface area contributed by atoms with Gasteiger partial charge in [-0.05, 0) is 24.3 Å². The second kappa shape index (κ2) is 12.1. The van der Waals surface area contributed by atoms with Gasteiger partial charge in [0.25, 0.3) is 5.91 Å². The highest BCUT2D eigenvalue weighted by Gasteiger charge is 2.31. The number of anilines is 2. The maximum atomic E-state index is 13.5. The van der Waals surface area contributed by atoms with Gasteiger partial charge in [-0.1, -0.05) is 6.07 Å². The lowest BCUT2D eigenvalue weighted by molar-refractivity contribution is -0.137. The van der Waals surface area contributed by atoms with Crippen molar-refractivity contribution in [3.8, 4) is 11.4 Å². The molecule has 42 heavy (non-hydrogen) atoms. The lowest BCUT2D eigenvalue weighted by atomic mass is 10.1. The highest BCUT2D eigenvalue weighted by Crippen LogP contribution is 2.30. The topological polar surface area (TPSA) is 124 Å². The van der Waals surface area contributed by atoms with Gasteiger partial charge in [-0.3, -0.25) is 14.3 Å². The number of aromatic nitrogens is 4. The van der Waals surface area contributed by atoms with Crippen LogP contribution in [0.25, 0.3) is 16.7 Å². The summed E-state index contributed by atoms with van der Waals surface area (Å²) in [5.74, 6) is -0.142. The minimum absolute atomic E-state index is 0.178. The van der Waals surface area contributed by atoms with Crippen molar-refractivity contribution in [2.45, 2.75) is 12.6 Å². The molecule has 4 aromatic rings. The van der Waals surface area contributed by atoms with Gasteiger partial charge in [0.1, 0.15) is 5.75 Å². The number of nitrogens with one attached hydrogen (secondary N) is 2. The van der Waals surface area contributed by atoms with Gasteiger partial charge in [-0.15, -0.1) is 0 Å². The van der Waals surface area contributed by atoms with Gasteiger partial charge >= 0.3 is 11.9 Å². The van der Waals surface area contributed by atoms with E-state index < -0.39 is 23.3 Å². The lowest BCUT2D eigenvalue weighted by Gasteiger charge is -2.27. The van der Waals surface area contributed by atoms with E-state index in [2.05, 4.69) is 30.5 Å². The van der Waals surface area contributed by atoms with Crippen molar-refractivity contribution in [1.82, 2.24) is 24.4 Å². The molecule has 0 spiro atoms. The molecule has 11 nitrogen and oxygen atoms in total. The highest BCUT2D eigenvalue weighted by atomic mass is 19.4. The number of alkyl halides is 3. The Morgan fingerprint density at radius 1 is 1.12 bits per heavy atom. The van der Waals surface area contributed by atoms with E-state index in [0.29, 0.717) is 54.6 Å². The smallest absolute Gasteiger partial charge is 0.416 e. The summed E-state index contributed by atoms with van der Waals surface area (Å²) in [5.41, 5.74) is -0.353. The van der Waals surface area contributed by atoms with Crippen LogP contribution in [0.3, 0.4) is 0 Å². The quantitative estimate of drug-likeness (QED) is 0.321. The van der Waals surface area contributed by atoms with E-state index in [1.807, 2.05) is 0 Å². The zero-order chi connectivity index (χ0) is 29.9. The first-order chi connectivity index (χ1) is 20.2. The largest absolute Gasteiger partial charge is 0.497 e. The Balaban J connectivity index is 1.56. The number of benzene rings is 2. The molecule has 2 aromatic heterocycles. The third kappa shape index (κ3) is 6.34. The molecule has 0 saturated carbocycles. The molecule has 14 heteroatoms. The maximum Gasteiger partial charge on any atom is 0.416 e. The van der Waals surface area contributed by atoms with Crippen LogP contribution in [0.15, 0.2) is 53.5 Å². The van der Waals surface area contributed by atoms with E-state index in [1.54, 1.807) is 19.3 Å². The molecule has 1 saturated heterocycles. The van der Waals surface area contributed by atoms with Gasteiger partial charge in [-0.2, -0.15) is 23.1 Å². The monoisotopic (exact) mass is 583 g/mol. The Morgan fingerprint density at radius 3 is 2.62 bits per heavy atom. The fourth-order valence-electron chi connectivity index (χ4n) is 4.70. The number of methoxy groups -OCH3 is 1. The number of amides is 1. The van der Waals surface area contributed by atoms with E-state index in [9.17, 15) is 22.8 Å². The second-order valence-corrected chi connectivity index (χ2v) is 9.51. The van der Waals surface area contributed by atoms with E-state index in [0.717, 1.165) is 31.3 Å². The summed E-state index contributed by atoms with van der Waals surface area (Å²) in [6.07, 6.45) is -2.55. The average Bonchev–Trinajstić information content (AvgIpc) is 2.99. The molecule has 0 radical (unpaired) electrons. The Bertz CT molecular complexity index is 1670. The molecule has 0 aliphatic carbocycles. The summed E-state index contributed by atoms with van der Waals surface area (Å²) >= 11 is 0. The number of ether oxygens (including phenoxy) is 2. The predicted molar refractivity (Wildman–Crippen MR) is 149 cm³/mol. The normalized spacial score (nSPS) is 14.1. The van der Waals surface area contributed by atoms with Gasteiger partial charge in [0.05, 0.1) is 37.0 Å². The number of carbonyl (C=O) groups is 1. The van der Waals surface area contributed by atoms with Gasteiger partial charge in [0.2, 0.25) is 5.95 Å². The average molecular weight is 584 g/mol. The van der Waals surface area contributed by atoms with Crippen molar-refractivity contribution < 1.29 is 27.4 Å². The van der Waals surface area contributed by atoms with Crippen molar-refractivity contribution in [2.75, 3.05) is 57.6 Å². The Morgan fingerprint density at radius 2 is 1.90 bits per heavy atom. The molecule has 2 N–H and O–H groups in total. The molecule has 5 rings (SSSR count). The van der Waals surface area contributed by atoms with Crippen LogP contribution in [0.4, 0.5) is 24.8 Å². The third-order valence-electron chi connectivity index (χ3n) is 6.83. The van der Waals surface area contributed by atoms with Crippen molar-refractivity contribution in [2.24, 2.45) is 0 Å². The molecule has 0 unspecified atom stereocenters. The number of rotatable bonds is 8. The number of carbonyl (C=O) groups excluding carboxylic acids is 1. The molecule has 220 valence electrons. The molecule has 1 amide bonds. The van der Waals surface area contributed by atoms with Crippen molar-refractivity contribution in [3.05, 3.63) is 76.0 Å². The zero-order valence-electron chi connectivity index (χ0n) is 22.9. The standard InChI is InChI=1S/C28H28F3N7O4/c1-32-26-33-16-22-23(6-7-37-8-10-42-11-9-37)38(27(40)36-24(22)35-26)20-13-19(14-21(15-20)41-2)34-25(39)17-4-3-5-18(12-17)28(29,30)31/h3-5,12-16H,6-11H2,1-2H3,(H,34,39)(H,32,35,36,40). The summed E-state index contributed by atoms with van der Waals surface area (Å²) in [7, 11) is 3.08. The number of morpholine rings is 1. The fraction of sp³-hybridized carbons (Fsp3) is 0.321. The van der Waals surface area contributed by atoms with Crippen molar-refractivity contribution in [3.63, 3.8) is 0 Å². The molecule has 2 aromatic carbocycles. The van der Waals surface area contributed by atoms with E-state index >= 15 is 0 Å². The Labute approximate surface area is 238 Å². The summed E-state index contributed by atoms with van der Waals surface area (Å²) in [5, 5.41) is 6.03. The summed E-state index contributed by atoms with van der Waals surface area (Å²) in [4.78, 5) is 41.5. The number of nitrogens with zero attached hydrogens (tertiary/aromatic N) is 5. The second-order valence-electron chi connectivity index (χ2n) is 9.51. The van der Waals surface area contributed by atoms with Crippen molar-refractivity contribution in [1.29, 1.82) is 0 Å². The van der Waals surface area contributed by atoms with Gasteiger partial charge in [-0.25, -0.2) is 9.78 Å². The molecule has 0 atom stereocenters. The minimum Gasteiger partial charge on any atom is -0.497 e. The highest BCUT2D eigenvalue weighted by molar-refractivity contribution is 6.04. The molecule has 1 aliphatic heterocycles. The van der Waals surface area contributed by atoms with Gasteiger partial charge < -0.3 is 20.1 Å². The predicted octanol–water partition coefficient (Wildman–Crippen LogP) is 3.37. The summed E-state index contributed by atoms with van der Waals surface area (Å²) in [6, 6.07) is 8.76. The van der Waals surface area contributed by atoms with Crippen LogP contribution in [0.1, 0.15) is 21.6 Å². The van der Waals surface area contributed by atoms with E-state index in [4.69, 9.17) is 9.47 Å². The number of fused-ring (bicyclic) bond motifs is 1. The molecule has 3 heterocycles. The number of hydrogen-bond donors (Lipinski definition) is 2. The summed E-state index contributed by atoms with van der Waals surface area (Å²) < 4.78 is 51.9. The summed E-state index contributed by atoms with van der Waals surface area (Å²) in [6.45, 7) is 3.35. The van der Waals surface area contributed by atoms with Gasteiger partial charge in [0, 0.05) is 68.4 Å². The SMILES string of the molecule is CNc1ncc2c(CCN3CCOCC3)n(-c3cc(NC(=O)c4cccc(C(F)(F)F)c4)cc(OC)c3)c(=O)nc2n1. The molecular weight excluding hydrogens is 555 g/mol. The van der Waals surface area contributed by atoms with Crippen LogP contribution in [0.5, 0.6) is 5.75 Å². The van der Waals surface area contributed by atoms with Crippen LogP contribution >= 0.6 is 0 Å². The first kappa shape index (κ1) is 29.0. The lowest BCUT2D eigenvalue weighted by Crippen LogP contribution is -2.38. The zero-order valence-corrected chi connectivity index (χ0v) is 22.9. The first-order valence-corrected chi connectivity index (χ1v) is 13.1. The number of hydrogen-bond acceptors (Lipinski definition) is 9. The maximum absolute atomic E-state index is 13.5. The Kier molecular flexibility index (Phi) is 8.36. The molecular formula is C28H28F3N7O4. The number of halogens is 3. The molecule has 0 bridgehead atoms. The van der Waals surface area contributed by atoms with Gasteiger partial charge in [0.15, 0.2) is 5.65 Å².